The molecule has 1 aliphatic carbocycles. The summed E-state index contributed by atoms with van der Waals surface area (Å²) in [5.41, 5.74) is 1.72. The Kier molecular flexibility index (Phi) is 8.91. The second-order valence-electron chi connectivity index (χ2n) is 9.90. The van der Waals surface area contributed by atoms with Gasteiger partial charge in [0.15, 0.2) is 5.78 Å². The second kappa shape index (κ2) is 12.3. The van der Waals surface area contributed by atoms with Crippen molar-refractivity contribution in [1.82, 2.24) is 10.2 Å². The number of piperidine rings is 1. The first-order valence-corrected chi connectivity index (χ1v) is 13.0. The second-order valence-corrected chi connectivity index (χ2v) is 9.90. The van der Waals surface area contributed by atoms with E-state index in [1.54, 1.807) is 19.2 Å². The highest BCUT2D eigenvalue weighted by molar-refractivity contribution is 5.95. The van der Waals surface area contributed by atoms with Crippen LogP contribution in [0.2, 0.25) is 0 Å². The summed E-state index contributed by atoms with van der Waals surface area (Å²) >= 11 is 0. The minimum absolute atomic E-state index is 0.0733. The number of Topliss-reactive ketones (excluding diaryl/α,β-unsaturated/α-hetero) is 1. The minimum atomic E-state index is -0.319. The van der Waals surface area contributed by atoms with E-state index in [1.165, 1.54) is 25.0 Å². The van der Waals surface area contributed by atoms with Gasteiger partial charge in [-0.3, -0.25) is 14.5 Å². The Balaban J connectivity index is 1.25. The van der Waals surface area contributed by atoms with Crippen LogP contribution in [0.4, 0.5) is 4.39 Å². The Bertz CT molecular complexity index is 976. The number of hydrogen-bond acceptors (Lipinski definition) is 4. The van der Waals surface area contributed by atoms with E-state index in [9.17, 15) is 14.0 Å². The van der Waals surface area contributed by atoms with Crippen LogP contribution in [-0.2, 0) is 11.2 Å². The topological polar surface area (TPSA) is 58.6 Å². The van der Waals surface area contributed by atoms with E-state index >= 15 is 0 Å². The molecule has 1 amide bonds. The van der Waals surface area contributed by atoms with Gasteiger partial charge in [-0.15, -0.1) is 0 Å². The zero-order chi connectivity index (χ0) is 24.6. The molecule has 2 aliphatic rings. The maximum Gasteiger partial charge on any atom is 0.220 e. The van der Waals surface area contributed by atoms with E-state index in [0.717, 1.165) is 56.5 Å². The quantitative estimate of drug-likeness (QED) is 0.476. The molecular formula is C29H37FN2O3. The molecule has 1 saturated carbocycles. The van der Waals surface area contributed by atoms with Gasteiger partial charge in [-0.1, -0.05) is 25.0 Å². The summed E-state index contributed by atoms with van der Waals surface area (Å²) in [4.78, 5) is 27.8. The lowest BCUT2D eigenvalue weighted by molar-refractivity contribution is -0.123. The largest absolute Gasteiger partial charge is 0.497 e. The molecule has 35 heavy (non-hydrogen) atoms. The third-order valence-electron chi connectivity index (χ3n) is 7.66. The summed E-state index contributed by atoms with van der Waals surface area (Å²) < 4.78 is 18.3. The van der Waals surface area contributed by atoms with Crippen LogP contribution in [-0.4, -0.2) is 48.9 Å². The molecule has 1 heterocycles. The number of hydrogen-bond donors (Lipinski definition) is 1. The van der Waals surface area contributed by atoms with Gasteiger partial charge < -0.3 is 10.1 Å². The Morgan fingerprint density at radius 3 is 2.49 bits per heavy atom. The average molecular weight is 481 g/mol. The first-order chi connectivity index (χ1) is 17.0. The van der Waals surface area contributed by atoms with Crippen molar-refractivity contribution in [3.8, 4) is 5.75 Å². The fourth-order valence-corrected chi connectivity index (χ4v) is 5.76. The monoisotopic (exact) mass is 480 g/mol. The van der Waals surface area contributed by atoms with Gasteiger partial charge in [0.25, 0.3) is 0 Å². The van der Waals surface area contributed by atoms with Gasteiger partial charge in [0.2, 0.25) is 5.91 Å². The maximum atomic E-state index is 13.1. The first kappa shape index (κ1) is 25.4. The molecule has 2 aromatic carbocycles. The van der Waals surface area contributed by atoms with Crippen molar-refractivity contribution in [3.63, 3.8) is 0 Å². The molecule has 0 bridgehead atoms. The smallest absolute Gasteiger partial charge is 0.220 e. The van der Waals surface area contributed by atoms with Gasteiger partial charge in [-0.25, -0.2) is 4.39 Å². The van der Waals surface area contributed by atoms with Crippen molar-refractivity contribution in [2.24, 2.45) is 5.92 Å². The van der Waals surface area contributed by atoms with Crippen LogP contribution in [0.5, 0.6) is 5.75 Å². The summed E-state index contributed by atoms with van der Waals surface area (Å²) in [5.74, 6) is 1.20. The Morgan fingerprint density at radius 2 is 1.74 bits per heavy atom. The number of methoxy groups -OCH3 is 1. The fourth-order valence-electron chi connectivity index (χ4n) is 5.76. The molecule has 1 N–H and O–H groups in total. The van der Waals surface area contributed by atoms with Crippen LogP contribution in [0.3, 0.4) is 0 Å². The van der Waals surface area contributed by atoms with Crippen molar-refractivity contribution in [2.45, 2.75) is 69.9 Å². The maximum absolute atomic E-state index is 13.1. The Morgan fingerprint density at radius 1 is 1.00 bits per heavy atom. The van der Waals surface area contributed by atoms with Crippen molar-refractivity contribution in [1.29, 1.82) is 0 Å². The van der Waals surface area contributed by atoms with Gasteiger partial charge in [-0.05, 0) is 86.5 Å². The van der Waals surface area contributed by atoms with Crippen LogP contribution in [0, 0.1) is 11.7 Å². The van der Waals surface area contributed by atoms with Crippen molar-refractivity contribution >= 4 is 11.7 Å². The van der Waals surface area contributed by atoms with Gasteiger partial charge in [0.05, 0.1) is 7.11 Å². The van der Waals surface area contributed by atoms with E-state index in [2.05, 4.69) is 10.2 Å². The number of carbonyl (C=O) groups excluding carboxylic acids is 2. The van der Waals surface area contributed by atoms with Gasteiger partial charge in [-0.2, -0.15) is 0 Å². The Labute approximate surface area is 208 Å². The highest BCUT2D eigenvalue weighted by atomic mass is 19.1. The normalized spacial score (nSPS) is 22.3. The van der Waals surface area contributed by atoms with Crippen LogP contribution in [0.15, 0.2) is 48.5 Å². The average Bonchev–Trinajstić information content (AvgIpc) is 2.89. The number of amides is 1. The number of ketones is 1. The van der Waals surface area contributed by atoms with Crippen LogP contribution >= 0.6 is 0 Å². The molecule has 2 aromatic rings. The number of fused-ring (bicyclic) bond motifs is 1. The molecular weight excluding hydrogens is 443 g/mol. The number of aryl methyl sites for hydroxylation is 1. The van der Waals surface area contributed by atoms with E-state index < -0.39 is 0 Å². The molecule has 5 nitrogen and oxygen atoms in total. The number of benzene rings is 2. The van der Waals surface area contributed by atoms with Crippen molar-refractivity contribution in [2.75, 3.05) is 20.2 Å². The molecule has 2 fully saturated rings. The van der Waals surface area contributed by atoms with E-state index in [0.29, 0.717) is 30.4 Å². The Hall–Kier alpha value is -2.73. The predicted molar refractivity (Wildman–Crippen MR) is 135 cm³/mol. The number of halogens is 1. The molecule has 1 aliphatic heterocycles. The van der Waals surface area contributed by atoms with Crippen LogP contribution in [0.1, 0.15) is 67.3 Å². The molecule has 4 rings (SSSR count). The summed E-state index contributed by atoms with van der Waals surface area (Å²) in [6, 6.07) is 14.4. The molecule has 3 atom stereocenters. The zero-order valence-corrected chi connectivity index (χ0v) is 20.7. The highest BCUT2D eigenvalue weighted by Gasteiger charge is 2.39. The van der Waals surface area contributed by atoms with E-state index in [-0.39, 0.29) is 23.5 Å². The summed E-state index contributed by atoms with van der Waals surface area (Å²) in [6.07, 6.45) is 8.22. The molecule has 188 valence electrons. The van der Waals surface area contributed by atoms with Gasteiger partial charge in [0, 0.05) is 37.0 Å². The number of nitrogens with one attached hydrogen (secondary N) is 1. The number of rotatable bonds is 10. The summed E-state index contributed by atoms with van der Waals surface area (Å²) in [7, 11) is 1.65. The minimum Gasteiger partial charge on any atom is -0.497 e. The SMILES string of the molecule is COc1ccc(CCC(=O)N[C@H]2CCN(CCCC(=O)c3ccc(F)cc3)C3CCCC[C@H]32)cc1. The van der Waals surface area contributed by atoms with Gasteiger partial charge >= 0.3 is 0 Å². The zero-order valence-electron chi connectivity index (χ0n) is 20.7. The lowest BCUT2D eigenvalue weighted by atomic mass is 9.75. The van der Waals surface area contributed by atoms with E-state index in [4.69, 9.17) is 4.74 Å². The molecule has 0 spiro atoms. The fraction of sp³-hybridized carbons (Fsp3) is 0.517. The van der Waals surface area contributed by atoms with Crippen molar-refractivity contribution in [3.05, 3.63) is 65.5 Å². The van der Waals surface area contributed by atoms with Crippen LogP contribution < -0.4 is 10.1 Å². The molecule has 0 aromatic heterocycles. The van der Waals surface area contributed by atoms with E-state index in [1.807, 2.05) is 24.3 Å². The van der Waals surface area contributed by atoms with Crippen LogP contribution in [0.25, 0.3) is 0 Å². The summed E-state index contributed by atoms with van der Waals surface area (Å²) in [5, 5.41) is 3.36. The first-order valence-electron chi connectivity index (χ1n) is 13.0. The standard InChI is InChI=1S/C29H37FN2O3/c1-35-24-15-8-21(9-16-24)10-17-29(34)31-26-18-20-32(27-6-3-2-5-25(26)27)19-4-7-28(33)22-11-13-23(30)14-12-22/h8-9,11-16,25-27H,2-7,10,17-20H2,1H3,(H,31,34)/t25-,26-,27?/m0/s1. The lowest BCUT2D eigenvalue weighted by Gasteiger charge is -2.48. The number of nitrogens with zero attached hydrogens (tertiary/aromatic N) is 1. The third kappa shape index (κ3) is 6.91. The van der Waals surface area contributed by atoms with Gasteiger partial charge in [0.1, 0.15) is 11.6 Å². The summed E-state index contributed by atoms with van der Waals surface area (Å²) in [6.45, 7) is 1.85. The predicted octanol–water partition coefficient (Wildman–Crippen LogP) is 5.18. The number of ether oxygens (including phenoxy) is 1. The molecule has 1 saturated heterocycles. The molecule has 1 unspecified atom stereocenters. The lowest BCUT2D eigenvalue weighted by Crippen LogP contribution is -2.57. The highest BCUT2D eigenvalue weighted by Crippen LogP contribution is 2.36. The van der Waals surface area contributed by atoms with Crippen molar-refractivity contribution < 1.29 is 18.7 Å². The molecule has 6 heteroatoms. The third-order valence-corrected chi connectivity index (χ3v) is 7.66. The molecule has 0 radical (unpaired) electrons. The number of likely N-dealkylation sites (tertiary alicyclic amines) is 1. The number of carbonyl (C=O) groups is 2.